The molecule has 3 heterocycles. The molecule has 9 nitrogen and oxygen atoms in total. The highest BCUT2D eigenvalue weighted by Crippen LogP contribution is 2.16. The summed E-state index contributed by atoms with van der Waals surface area (Å²) in [5.74, 6) is -0.278. The van der Waals surface area contributed by atoms with Crippen molar-refractivity contribution in [3.63, 3.8) is 0 Å². The fraction of sp³-hybridized carbons (Fsp3) is 0.167. The standard InChI is InChI=1S/C18H16BrN7O2/c1-24-17-15(16(19)23-24)18(28)25(11-21-17)10-14(27)20-9-12-3-5-13(6-4-12)26-8-2-7-22-26/h2-8,11H,9-10H2,1H3,(H,20,27). The van der Waals surface area contributed by atoms with E-state index in [0.717, 1.165) is 11.3 Å². The molecule has 142 valence electrons. The zero-order valence-electron chi connectivity index (χ0n) is 14.9. The van der Waals surface area contributed by atoms with Crippen molar-refractivity contribution >= 4 is 32.9 Å². The monoisotopic (exact) mass is 441 g/mol. The van der Waals surface area contributed by atoms with E-state index in [4.69, 9.17) is 0 Å². The molecule has 4 rings (SSSR count). The summed E-state index contributed by atoms with van der Waals surface area (Å²) in [4.78, 5) is 29.1. The fourth-order valence-corrected chi connectivity index (χ4v) is 3.43. The predicted octanol–water partition coefficient (Wildman–Crippen LogP) is 1.39. The Morgan fingerprint density at radius 1 is 1.25 bits per heavy atom. The number of fused-ring (bicyclic) bond motifs is 1. The molecular weight excluding hydrogens is 426 g/mol. The first-order chi connectivity index (χ1) is 13.5. The highest BCUT2D eigenvalue weighted by molar-refractivity contribution is 9.10. The molecule has 28 heavy (non-hydrogen) atoms. The Morgan fingerprint density at radius 3 is 2.75 bits per heavy atom. The van der Waals surface area contributed by atoms with Crippen LogP contribution < -0.4 is 10.9 Å². The molecule has 0 atom stereocenters. The number of hydrogen-bond donors (Lipinski definition) is 1. The Bertz CT molecular complexity index is 1190. The lowest BCUT2D eigenvalue weighted by atomic mass is 10.2. The van der Waals surface area contributed by atoms with Crippen LogP contribution in [0, 0.1) is 0 Å². The third-order valence-electron chi connectivity index (χ3n) is 4.28. The first-order valence-electron chi connectivity index (χ1n) is 8.46. The van der Waals surface area contributed by atoms with Crippen LogP contribution in [-0.4, -0.2) is 35.0 Å². The minimum absolute atomic E-state index is 0.117. The zero-order chi connectivity index (χ0) is 19.7. The maximum absolute atomic E-state index is 12.6. The smallest absolute Gasteiger partial charge is 0.266 e. The van der Waals surface area contributed by atoms with Gasteiger partial charge in [-0.3, -0.25) is 14.2 Å². The van der Waals surface area contributed by atoms with E-state index >= 15 is 0 Å². The van der Waals surface area contributed by atoms with Gasteiger partial charge >= 0.3 is 0 Å². The molecule has 0 bridgehead atoms. The van der Waals surface area contributed by atoms with E-state index in [2.05, 4.69) is 36.4 Å². The Kier molecular flexibility index (Phi) is 4.78. The highest BCUT2D eigenvalue weighted by atomic mass is 79.9. The van der Waals surface area contributed by atoms with Crippen LogP contribution >= 0.6 is 15.9 Å². The van der Waals surface area contributed by atoms with Crippen molar-refractivity contribution < 1.29 is 4.79 Å². The summed E-state index contributed by atoms with van der Waals surface area (Å²) in [7, 11) is 1.70. The number of aryl methyl sites for hydroxylation is 1. The molecule has 1 N–H and O–H groups in total. The van der Waals surface area contributed by atoms with Crippen LogP contribution in [0.1, 0.15) is 5.56 Å². The molecule has 0 saturated heterocycles. The number of halogens is 1. The molecule has 0 aliphatic heterocycles. The summed E-state index contributed by atoms with van der Waals surface area (Å²) in [6.45, 7) is 0.244. The number of carbonyl (C=O) groups excluding carboxylic acids is 1. The molecule has 1 aromatic carbocycles. The van der Waals surface area contributed by atoms with E-state index in [-0.39, 0.29) is 18.0 Å². The summed E-state index contributed by atoms with van der Waals surface area (Å²) in [6.07, 6.45) is 4.93. The van der Waals surface area contributed by atoms with E-state index in [9.17, 15) is 9.59 Å². The van der Waals surface area contributed by atoms with Crippen LogP contribution in [0.3, 0.4) is 0 Å². The number of rotatable bonds is 5. The van der Waals surface area contributed by atoms with Gasteiger partial charge < -0.3 is 5.32 Å². The normalized spacial score (nSPS) is 11.1. The maximum Gasteiger partial charge on any atom is 0.266 e. The zero-order valence-corrected chi connectivity index (χ0v) is 16.5. The lowest BCUT2D eigenvalue weighted by Crippen LogP contribution is -2.32. The van der Waals surface area contributed by atoms with E-state index in [0.29, 0.717) is 22.2 Å². The highest BCUT2D eigenvalue weighted by Gasteiger charge is 2.14. The fourth-order valence-electron chi connectivity index (χ4n) is 2.85. The maximum atomic E-state index is 12.6. The van der Waals surface area contributed by atoms with Crippen LogP contribution in [0.25, 0.3) is 16.7 Å². The second kappa shape index (κ2) is 7.39. The Balaban J connectivity index is 1.42. The Morgan fingerprint density at radius 2 is 2.04 bits per heavy atom. The van der Waals surface area contributed by atoms with Crippen molar-refractivity contribution in [2.24, 2.45) is 7.05 Å². The quantitative estimate of drug-likeness (QED) is 0.504. The minimum atomic E-state index is -0.316. The molecular formula is C18H16BrN7O2. The lowest BCUT2D eigenvalue weighted by Gasteiger charge is -2.08. The average Bonchev–Trinajstić information content (AvgIpc) is 3.31. The summed E-state index contributed by atoms with van der Waals surface area (Å²) >= 11 is 3.26. The average molecular weight is 442 g/mol. The summed E-state index contributed by atoms with van der Waals surface area (Å²) in [6, 6.07) is 9.55. The van der Waals surface area contributed by atoms with Crippen molar-refractivity contribution in [3.05, 3.63) is 69.6 Å². The van der Waals surface area contributed by atoms with E-state index in [1.807, 2.05) is 36.5 Å². The van der Waals surface area contributed by atoms with Gasteiger partial charge in [0.15, 0.2) is 5.65 Å². The van der Waals surface area contributed by atoms with E-state index in [1.54, 1.807) is 17.9 Å². The van der Waals surface area contributed by atoms with Gasteiger partial charge in [0.1, 0.15) is 22.9 Å². The lowest BCUT2D eigenvalue weighted by molar-refractivity contribution is -0.121. The van der Waals surface area contributed by atoms with Crippen molar-refractivity contribution in [1.82, 2.24) is 34.4 Å². The third kappa shape index (κ3) is 3.46. The van der Waals surface area contributed by atoms with Crippen LogP contribution in [0.15, 0.2) is 58.5 Å². The van der Waals surface area contributed by atoms with Crippen LogP contribution in [0.5, 0.6) is 0 Å². The van der Waals surface area contributed by atoms with Gasteiger partial charge in [-0.1, -0.05) is 12.1 Å². The molecule has 0 saturated carbocycles. The number of hydrogen-bond acceptors (Lipinski definition) is 5. The van der Waals surface area contributed by atoms with Gasteiger partial charge in [0.25, 0.3) is 5.56 Å². The predicted molar refractivity (Wildman–Crippen MR) is 106 cm³/mol. The summed E-state index contributed by atoms with van der Waals surface area (Å²) in [5, 5.41) is 11.5. The largest absolute Gasteiger partial charge is 0.350 e. The second-order valence-electron chi connectivity index (χ2n) is 6.18. The van der Waals surface area contributed by atoms with Crippen LogP contribution in [-0.2, 0) is 24.9 Å². The van der Waals surface area contributed by atoms with Gasteiger partial charge in [0.05, 0.1) is 5.69 Å². The molecule has 0 unspecified atom stereocenters. The van der Waals surface area contributed by atoms with Gasteiger partial charge in [-0.05, 0) is 39.7 Å². The molecule has 4 aromatic rings. The number of benzene rings is 1. The molecule has 3 aromatic heterocycles. The molecule has 10 heteroatoms. The molecule has 0 spiro atoms. The van der Waals surface area contributed by atoms with Gasteiger partial charge in [0.2, 0.25) is 5.91 Å². The van der Waals surface area contributed by atoms with Gasteiger partial charge in [-0.2, -0.15) is 10.2 Å². The first kappa shape index (κ1) is 18.1. The second-order valence-corrected chi connectivity index (χ2v) is 6.94. The number of nitrogens with zero attached hydrogens (tertiary/aromatic N) is 6. The van der Waals surface area contributed by atoms with Crippen molar-refractivity contribution in [1.29, 1.82) is 0 Å². The minimum Gasteiger partial charge on any atom is -0.350 e. The summed E-state index contributed by atoms with van der Waals surface area (Å²) < 4.78 is 4.95. The number of nitrogens with one attached hydrogen (secondary N) is 1. The number of amides is 1. The van der Waals surface area contributed by atoms with Crippen molar-refractivity contribution in [2.45, 2.75) is 13.1 Å². The Labute approximate surface area is 167 Å². The number of carbonyl (C=O) groups is 1. The van der Waals surface area contributed by atoms with Crippen LogP contribution in [0.4, 0.5) is 0 Å². The van der Waals surface area contributed by atoms with Gasteiger partial charge in [0, 0.05) is 26.0 Å². The van der Waals surface area contributed by atoms with Crippen molar-refractivity contribution in [3.8, 4) is 5.69 Å². The van der Waals surface area contributed by atoms with Gasteiger partial charge in [-0.25, -0.2) is 14.3 Å². The topological polar surface area (TPSA) is 99.6 Å². The first-order valence-corrected chi connectivity index (χ1v) is 9.25. The number of aromatic nitrogens is 6. The van der Waals surface area contributed by atoms with E-state index in [1.165, 1.54) is 15.6 Å². The van der Waals surface area contributed by atoms with Gasteiger partial charge in [-0.15, -0.1) is 0 Å². The van der Waals surface area contributed by atoms with E-state index < -0.39 is 0 Å². The molecule has 1 amide bonds. The molecule has 0 aliphatic rings. The van der Waals surface area contributed by atoms with Crippen LogP contribution in [0.2, 0.25) is 0 Å². The Hall–Kier alpha value is -3.27. The SMILES string of the molecule is Cn1nc(Br)c2c(=O)n(CC(=O)NCc3ccc(-n4cccn4)cc3)cnc21. The molecule has 0 aliphatic carbocycles. The third-order valence-corrected chi connectivity index (χ3v) is 4.83. The summed E-state index contributed by atoms with van der Waals surface area (Å²) in [5.41, 5.74) is 2.03. The van der Waals surface area contributed by atoms with Crippen molar-refractivity contribution in [2.75, 3.05) is 0 Å². The molecule has 0 radical (unpaired) electrons. The molecule has 0 fully saturated rings.